The monoisotopic (exact) mass is 332 g/mol. The van der Waals surface area contributed by atoms with Crippen LogP contribution in [0.5, 0.6) is 0 Å². The van der Waals surface area contributed by atoms with Gasteiger partial charge in [0.15, 0.2) is 0 Å². The Hall–Kier alpha value is -1.53. The second kappa shape index (κ2) is 6.49. The molecule has 1 saturated carbocycles. The quantitative estimate of drug-likeness (QED) is 0.453. The fraction of sp³-hybridized carbons (Fsp3) is 0.462. The van der Waals surface area contributed by atoms with Crippen molar-refractivity contribution in [1.82, 2.24) is 0 Å². The van der Waals surface area contributed by atoms with Crippen molar-refractivity contribution in [3.63, 3.8) is 0 Å². The Labute approximate surface area is 131 Å². The Morgan fingerprint density at radius 1 is 1.43 bits per heavy atom. The summed E-state index contributed by atoms with van der Waals surface area (Å²) < 4.78 is 4.94. The van der Waals surface area contributed by atoms with Gasteiger partial charge in [-0.1, -0.05) is 23.2 Å². The lowest BCUT2D eigenvalue weighted by Crippen LogP contribution is -2.33. The van der Waals surface area contributed by atoms with Crippen molar-refractivity contribution >= 4 is 40.5 Å². The number of hydrogen-bond donors (Lipinski definition) is 0. The van der Waals surface area contributed by atoms with Gasteiger partial charge in [-0.15, -0.1) is 0 Å². The van der Waals surface area contributed by atoms with Gasteiger partial charge in [0.25, 0.3) is 5.69 Å². The van der Waals surface area contributed by atoms with Gasteiger partial charge in [-0.3, -0.25) is 14.9 Å². The number of non-ortho nitro benzene ring substituents is 1. The van der Waals surface area contributed by atoms with Gasteiger partial charge < -0.3 is 9.64 Å². The number of halogens is 2. The lowest BCUT2D eigenvalue weighted by atomic mass is 10.2. The standard InChI is InChI=1S/C13H14Cl2N2O4/c1-2-21-12(18)7-16(8-3-4-8)13-10(14)5-9(17(19)20)6-11(13)15/h5-6,8H,2-4,7H2,1H3. The number of esters is 1. The predicted octanol–water partition coefficient (Wildman–Crippen LogP) is 3.43. The summed E-state index contributed by atoms with van der Waals surface area (Å²) in [4.78, 5) is 23.7. The first kappa shape index (κ1) is 15.9. The minimum atomic E-state index is -0.561. The van der Waals surface area contributed by atoms with Crippen molar-refractivity contribution < 1.29 is 14.5 Å². The van der Waals surface area contributed by atoms with E-state index in [2.05, 4.69) is 0 Å². The average Bonchev–Trinajstić information content (AvgIpc) is 3.20. The van der Waals surface area contributed by atoms with Gasteiger partial charge in [0, 0.05) is 18.2 Å². The molecule has 0 amide bonds. The summed E-state index contributed by atoms with van der Waals surface area (Å²) in [5.41, 5.74) is 0.264. The first-order valence-electron chi connectivity index (χ1n) is 6.49. The largest absolute Gasteiger partial charge is 0.465 e. The van der Waals surface area contributed by atoms with Crippen molar-refractivity contribution in [1.29, 1.82) is 0 Å². The molecule has 114 valence electrons. The lowest BCUT2D eigenvalue weighted by Gasteiger charge is -2.25. The van der Waals surface area contributed by atoms with E-state index in [0.717, 1.165) is 12.8 Å². The highest BCUT2D eigenvalue weighted by Crippen LogP contribution is 2.42. The van der Waals surface area contributed by atoms with Gasteiger partial charge in [-0.2, -0.15) is 0 Å². The number of nitro benzene ring substituents is 1. The van der Waals surface area contributed by atoms with Gasteiger partial charge in [-0.25, -0.2) is 0 Å². The highest BCUT2D eigenvalue weighted by molar-refractivity contribution is 6.39. The highest BCUT2D eigenvalue weighted by Gasteiger charge is 2.34. The fourth-order valence-electron chi connectivity index (χ4n) is 2.05. The third-order valence-corrected chi connectivity index (χ3v) is 3.67. The second-order valence-corrected chi connectivity index (χ2v) is 5.49. The zero-order valence-electron chi connectivity index (χ0n) is 11.3. The predicted molar refractivity (Wildman–Crippen MR) is 80.1 cm³/mol. The van der Waals surface area contributed by atoms with Gasteiger partial charge in [0.2, 0.25) is 0 Å². The number of ether oxygens (including phenoxy) is 1. The van der Waals surface area contributed by atoms with Crippen molar-refractivity contribution in [3.05, 3.63) is 32.3 Å². The molecule has 1 aromatic carbocycles. The smallest absolute Gasteiger partial charge is 0.325 e. The Morgan fingerprint density at radius 3 is 2.43 bits per heavy atom. The van der Waals surface area contributed by atoms with Crippen LogP contribution in [0.3, 0.4) is 0 Å². The maximum atomic E-state index is 11.7. The van der Waals surface area contributed by atoms with Crippen LogP contribution in [0.1, 0.15) is 19.8 Å². The first-order chi connectivity index (χ1) is 9.93. The van der Waals surface area contributed by atoms with Crippen LogP contribution < -0.4 is 4.90 Å². The first-order valence-corrected chi connectivity index (χ1v) is 7.25. The Balaban J connectivity index is 2.32. The van der Waals surface area contributed by atoms with Crippen LogP contribution in [0, 0.1) is 10.1 Å². The molecule has 0 saturated heterocycles. The van der Waals surface area contributed by atoms with Gasteiger partial charge in [0.05, 0.1) is 27.3 Å². The zero-order valence-corrected chi connectivity index (χ0v) is 12.9. The van der Waals surface area contributed by atoms with E-state index >= 15 is 0 Å². The number of benzene rings is 1. The Morgan fingerprint density at radius 2 is 2.00 bits per heavy atom. The van der Waals surface area contributed by atoms with Crippen LogP contribution in [0.15, 0.2) is 12.1 Å². The molecule has 0 heterocycles. The van der Waals surface area contributed by atoms with E-state index in [1.54, 1.807) is 11.8 Å². The van der Waals surface area contributed by atoms with E-state index in [1.807, 2.05) is 0 Å². The molecule has 6 nitrogen and oxygen atoms in total. The van der Waals surface area contributed by atoms with Crippen molar-refractivity contribution in [3.8, 4) is 0 Å². The lowest BCUT2D eigenvalue weighted by molar-refractivity contribution is -0.384. The molecule has 0 aromatic heterocycles. The van der Waals surface area contributed by atoms with Gasteiger partial charge in [-0.05, 0) is 19.8 Å². The van der Waals surface area contributed by atoms with E-state index < -0.39 is 4.92 Å². The van der Waals surface area contributed by atoms with Crippen LogP contribution in [0.4, 0.5) is 11.4 Å². The molecule has 1 aliphatic rings. The molecule has 0 atom stereocenters. The molecule has 2 rings (SSSR count). The minimum absolute atomic E-state index is 0.0236. The Kier molecular flexibility index (Phi) is 4.90. The van der Waals surface area contributed by atoms with Crippen LogP contribution in [-0.2, 0) is 9.53 Å². The van der Waals surface area contributed by atoms with Crippen molar-refractivity contribution in [2.75, 3.05) is 18.1 Å². The molecule has 1 aliphatic carbocycles. The summed E-state index contributed by atoms with van der Waals surface area (Å²) >= 11 is 12.2. The number of carbonyl (C=O) groups excluding carboxylic acids is 1. The summed E-state index contributed by atoms with van der Waals surface area (Å²) in [7, 11) is 0. The topological polar surface area (TPSA) is 72.7 Å². The summed E-state index contributed by atoms with van der Waals surface area (Å²) in [6.45, 7) is 2.04. The minimum Gasteiger partial charge on any atom is -0.465 e. The van der Waals surface area contributed by atoms with E-state index in [9.17, 15) is 14.9 Å². The van der Waals surface area contributed by atoms with Gasteiger partial charge in [0.1, 0.15) is 6.54 Å². The second-order valence-electron chi connectivity index (χ2n) is 4.68. The van der Waals surface area contributed by atoms with Crippen molar-refractivity contribution in [2.45, 2.75) is 25.8 Å². The molecule has 1 fully saturated rings. The maximum Gasteiger partial charge on any atom is 0.325 e. The summed E-state index contributed by atoms with van der Waals surface area (Å²) in [6, 6.07) is 2.64. The molecule has 1 aromatic rings. The third kappa shape index (κ3) is 3.77. The van der Waals surface area contributed by atoms with E-state index in [1.165, 1.54) is 12.1 Å². The number of nitrogens with zero attached hydrogens (tertiary/aromatic N) is 2. The Bertz CT molecular complexity index is 552. The normalized spacial score (nSPS) is 13.9. The molecular formula is C13H14Cl2N2O4. The molecule has 8 heteroatoms. The average molecular weight is 333 g/mol. The number of hydrogen-bond acceptors (Lipinski definition) is 5. The van der Waals surface area contributed by atoms with E-state index in [0.29, 0.717) is 12.3 Å². The molecule has 0 spiro atoms. The maximum absolute atomic E-state index is 11.7. The summed E-state index contributed by atoms with van der Waals surface area (Å²) in [5.74, 6) is -0.380. The fourth-order valence-corrected chi connectivity index (χ4v) is 2.75. The van der Waals surface area contributed by atoms with Crippen LogP contribution >= 0.6 is 23.2 Å². The number of anilines is 1. The molecule has 0 N–H and O–H groups in total. The SMILES string of the molecule is CCOC(=O)CN(c1c(Cl)cc([N+](=O)[O-])cc1Cl)C1CC1. The van der Waals surface area contributed by atoms with E-state index in [-0.39, 0.29) is 34.3 Å². The molecule has 0 aliphatic heterocycles. The number of rotatable bonds is 6. The number of nitro groups is 1. The highest BCUT2D eigenvalue weighted by atomic mass is 35.5. The molecule has 0 unspecified atom stereocenters. The van der Waals surface area contributed by atoms with Crippen LogP contribution in [0.2, 0.25) is 10.0 Å². The van der Waals surface area contributed by atoms with Crippen LogP contribution in [0.25, 0.3) is 0 Å². The van der Waals surface area contributed by atoms with Crippen molar-refractivity contribution in [2.24, 2.45) is 0 Å². The summed E-state index contributed by atoms with van der Waals surface area (Å²) in [6.07, 6.45) is 1.84. The zero-order chi connectivity index (χ0) is 15.6. The molecule has 21 heavy (non-hydrogen) atoms. The van der Waals surface area contributed by atoms with Gasteiger partial charge >= 0.3 is 5.97 Å². The van der Waals surface area contributed by atoms with Crippen LogP contribution in [-0.4, -0.2) is 30.1 Å². The molecule has 0 radical (unpaired) electrons. The van der Waals surface area contributed by atoms with E-state index in [4.69, 9.17) is 27.9 Å². The summed E-state index contributed by atoms with van der Waals surface area (Å²) in [5, 5.41) is 11.1. The molecular weight excluding hydrogens is 319 g/mol. The number of carbonyl (C=O) groups is 1. The third-order valence-electron chi connectivity index (χ3n) is 3.09. The molecule has 0 bridgehead atoms.